The third-order valence-corrected chi connectivity index (χ3v) is 3.29. The fourth-order valence-corrected chi connectivity index (χ4v) is 2.18. The van der Waals surface area contributed by atoms with E-state index in [9.17, 15) is 18.1 Å². The second-order valence-corrected chi connectivity index (χ2v) is 4.47. The molecule has 0 atom stereocenters. The van der Waals surface area contributed by atoms with Gasteiger partial charge in [-0.05, 0) is 19.3 Å². The van der Waals surface area contributed by atoms with Crippen LogP contribution >= 0.6 is 0 Å². The van der Waals surface area contributed by atoms with Gasteiger partial charge in [0.1, 0.15) is 0 Å². The molecule has 0 aromatic carbocycles. The van der Waals surface area contributed by atoms with Crippen molar-refractivity contribution in [2.75, 3.05) is 0 Å². The summed E-state index contributed by atoms with van der Waals surface area (Å²) in [4.78, 5) is 0. The van der Waals surface area contributed by atoms with E-state index in [4.69, 9.17) is 0 Å². The van der Waals surface area contributed by atoms with Crippen molar-refractivity contribution in [2.24, 2.45) is 5.92 Å². The summed E-state index contributed by atoms with van der Waals surface area (Å²) in [7, 11) is 0. The monoisotopic (exact) mass is 209 g/mol. The first-order chi connectivity index (χ1) is 6.35. The molecule has 0 aromatic heterocycles. The molecule has 0 spiro atoms. The van der Waals surface area contributed by atoms with Gasteiger partial charge in [0.25, 0.3) is 0 Å². The van der Waals surface area contributed by atoms with E-state index in [0.717, 1.165) is 0 Å². The second kappa shape index (κ2) is 4.13. The summed E-state index contributed by atoms with van der Waals surface area (Å²) in [5.41, 5.74) is -0.685. The Morgan fingerprint density at radius 1 is 1.29 bits per heavy atom. The number of aliphatic hydroxyl groups is 1. The van der Waals surface area contributed by atoms with E-state index in [0.29, 0.717) is 32.1 Å². The first-order valence-electron chi connectivity index (χ1n) is 5.28. The van der Waals surface area contributed by atoms with Crippen molar-refractivity contribution in [3.05, 3.63) is 0 Å². The minimum Gasteiger partial charge on any atom is -0.449 e. The van der Waals surface area contributed by atoms with Crippen molar-refractivity contribution in [1.82, 2.24) is 0 Å². The Bertz CT molecular complexity index is 185. The molecule has 0 saturated heterocycles. The summed E-state index contributed by atoms with van der Waals surface area (Å²) in [6.45, 7) is -2.77. The smallest absolute Gasteiger partial charge is 0.449 e. The predicted octanol–water partition coefficient (Wildman–Crippen LogP) is 3.17. The fraction of sp³-hybridized carbons (Fsp3) is 1.00. The van der Waals surface area contributed by atoms with Crippen molar-refractivity contribution in [3.63, 3.8) is 0 Å². The lowest BCUT2D eigenvalue weighted by Gasteiger charge is -2.37. The average molecular weight is 209 g/mol. The summed E-state index contributed by atoms with van der Waals surface area (Å²) in [6.07, 6.45) is 2.12. The molecule has 1 saturated carbocycles. The molecule has 1 aliphatic carbocycles. The van der Waals surface area contributed by atoms with Gasteiger partial charge in [-0.15, -0.1) is 0 Å². The molecule has 0 radical (unpaired) electrons. The highest BCUT2D eigenvalue weighted by Crippen LogP contribution is 2.38. The van der Waals surface area contributed by atoms with Crippen LogP contribution in [0.25, 0.3) is 0 Å². The van der Waals surface area contributed by atoms with Crippen LogP contribution in [0, 0.1) is 5.92 Å². The van der Waals surface area contributed by atoms with Gasteiger partial charge in [0.05, 0.1) is 5.60 Å². The summed E-state index contributed by atoms with van der Waals surface area (Å²) in [5.74, 6) is -0.248. The van der Waals surface area contributed by atoms with Crippen molar-refractivity contribution in [2.45, 2.75) is 50.9 Å². The summed E-state index contributed by atoms with van der Waals surface area (Å²) in [5, 5.41) is 9.82. The summed E-state index contributed by atoms with van der Waals surface area (Å²) < 4.78 is 36.3. The van der Waals surface area contributed by atoms with E-state index in [1.165, 1.54) is 0 Å². The van der Waals surface area contributed by atoms with Crippen LogP contribution in [0.1, 0.15) is 39.0 Å². The van der Waals surface area contributed by atoms with Crippen LogP contribution in [0.5, 0.6) is 0 Å². The molecule has 14 heavy (non-hydrogen) atoms. The molecule has 1 fully saturated rings. The molecule has 1 nitrogen and oxygen atoms in total. The zero-order valence-corrected chi connectivity index (χ0v) is 8.48. The SMILES string of the molecule is CCC1(O)CCC(C[B-](F)(F)F)CC1. The molecule has 0 unspecified atom stereocenters. The largest absolute Gasteiger partial charge is 0.478 e. The van der Waals surface area contributed by atoms with Gasteiger partial charge in [-0.1, -0.05) is 32.0 Å². The minimum absolute atomic E-state index is 0.248. The quantitative estimate of drug-likeness (QED) is 0.707. The van der Waals surface area contributed by atoms with E-state index in [1.54, 1.807) is 0 Å². The first-order valence-corrected chi connectivity index (χ1v) is 5.28. The van der Waals surface area contributed by atoms with E-state index >= 15 is 0 Å². The Hall–Kier alpha value is -0.185. The van der Waals surface area contributed by atoms with Crippen molar-refractivity contribution >= 4 is 6.98 Å². The molecule has 1 aliphatic rings. The van der Waals surface area contributed by atoms with E-state index in [1.807, 2.05) is 6.92 Å². The number of hydrogen-bond donors (Lipinski definition) is 1. The molecule has 0 heterocycles. The molecule has 84 valence electrons. The third-order valence-electron chi connectivity index (χ3n) is 3.29. The first kappa shape index (κ1) is 11.9. The van der Waals surface area contributed by atoms with Crippen LogP contribution in [0.3, 0.4) is 0 Å². The van der Waals surface area contributed by atoms with Crippen LogP contribution in [0.15, 0.2) is 0 Å². The van der Waals surface area contributed by atoms with Crippen LogP contribution in [0.4, 0.5) is 12.9 Å². The van der Waals surface area contributed by atoms with Gasteiger partial charge >= 0.3 is 6.98 Å². The highest BCUT2D eigenvalue weighted by atomic mass is 19.4. The second-order valence-electron chi connectivity index (χ2n) is 4.47. The molecular formula is C9H17BF3O-. The molecule has 5 heteroatoms. The van der Waals surface area contributed by atoms with Crippen LogP contribution in [0.2, 0.25) is 6.32 Å². The summed E-state index contributed by atoms with van der Waals surface area (Å²) in [6, 6.07) is 0. The van der Waals surface area contributed by atoms with Gasteiger partial charge in [0, 0.05) is 0 Å². The maximum Gasteiger partial charge on any atom is 0.478 e. The summed E-state index contributed by atoms with van der Waals surface area (Å²) >= 11 is 0. The van der Waals surface area contributed by atoms with Crippen molar-refractivity contribution in [1.29, 1.82) is 0 Å². The lowest BCUT2D eigenvalue weighted by atomic mass is 9.69. The molecule has 0 aliphatic heterocycles. The number of rotatable bonds is 3. The van der Waals surface area contributed by atoms with E-state index in [-0.39, 0.29) is 5.92 Å². The zero-order chi connectivity index (χ0) is 10.8. The molecule has 0 amide bonds. The van der Waals surface area contributed by atoms with Gasteiger partial charge < -0.3 is 18.1 Å². The number of halogens is 3. The zero-order valence-electron chi connectivity index (χ0n) is 8.48. The highest BCUT2D eigenvalue weighted by molar-refractivity contribution is 6.58. The van der Waals surface area contributed by atoms with Gasteiger partial charge in [0.2, 0.25) is 0 Å². The van der Waals surface area contributed by atoms with Gasteiger partial charge in [-0.25, -0.2) is 0 Å². The number of hydrogen-bond acceptors (Lipinski definition) is 1. The molecule has 0 bridgehead atoms. The molecule has 0 aromatic rings. The average Bonchev–Trinajstić information content (AvgIpc) is 2.07. The Labute approximate surface area is 82.7 Å². The highest BCUT2D eigenvalue weighted by Gasteiger charge is 2.35. The normalized spacial score (nSPS) is 34.5. The maximum absolute atomic E-state index is 12.1. The van der Waals surface area contributed by atoms with Gasteiger partial charge in [0.15, 0.2) is 0 Å². The van der Waals surface area contributed by atoms with Crippen molar-refractivity contribution in [3.8, 4) is 0 Å². The third kappa shape index (κ3) is 3.52. The van der Waals surface area contributed by atoms with E-state index < -0.39 is 18.9 Å². The van der Waals surface area contributed by atoms with Gasteiger partial charge in [-0.3, -0.25) is 0 Å². The standard InChI is InChI=1S/C9H17BF3O/c1-2-9(14)5-3-8(4-6-9)7-10(11,12)13/h8,14H,2-7H2,1H3/q-1. The molecular weight excluding hydrogens is 192 g/mol. The lowest BCUT2D eigenvalue weighted by molar-refractivity contribution is -0.0111. The molecule has 1 N–H and O–H groups in total. The Morgan fingerprint density at radius 3 is 2.14 bits per heavy atom. The van der Waals surface area contributed by atoms with E-state index in [2.05, 4.69) is 0 Å². The fourth-order valence-electron chi connectivity index (χ4n) is 2.18. The Morgan fingerprint density at radius 2 is 1.79 bits per heavy atom. The van der Waals surface area contributed by atoms with Crippen molar-refractivity contribution < 1.29 is 18.1 Å². The maximum atomic E-state index is 12.1. The Balaban J connectivity index is 2.36. The Kier molecular flexibility index (Phi) is 3.51. The predicted molar refractivity (Wildman–Crippen MR) is 51.1 cm³/mol. The molecule has 1 rings (SSSR count). The van der Waals surface area contributed by atoms with Crippen LogP contribution < -0.4 is 0 Å². The van der Waals surface area contributed by atoms with Crippen LogP contribution in [-0.4, -0.2) is 17.7 Å². The topological polar surface area (TPSA) is 20.2 Å². The van der Waals surface area contributed by atoms with Crippen LogP contribution in [-0.2, 0) is 0 Å². The minimum atomic E-state index is -4.65. The lowest BCUT2D eigenvalue weighted by Crippen LogP contribution is -2.34. The van der Waals surface area contributed by atoms with Gasteiger partial charge in [-0.2, -0.15) is 0 Å².